The molecular weight excluding hydrogens is 351 g/mol. The first-order valence-corrected chi connectivity index (χ1v) is 9.01. The van der Waals surface area contributed by atoms with E-state index in [1.807, 2.05) is 42.5 Å². The number of carbonyl (C=O) groups excluding carboxylic acids is 1. The zero-order valence-corrected chi connectivity index (χ0v) is 14.8. The molecule has 2 amide bonds. The van der Waals surface area contributed by atoms with Gasteiger partial charge in [-0.25, -0.2) is 9.18 Å². The fraction of sp³-hybridized carbons (Fsp3) is 0.150. The summed E-state index contributed by atoms with van der Waals surface area (Å²) in [5, 5.41) is 15.9. The Balaban J connectivity index is 1.48. The van der Waals surface area contributed by atoms with Crippen molar-refractivity contribution in [1.29, 1.82) is 0 Å². The molecule has 0 spiro atoms. The first-order valence-electron chi connectivity index (χ1n) is 8.19. The number of hydrogen-bond acceptors (Lipinski definition) is 3. The largest absolute Gasteiger partial charge is 0.383 e. The fourth-order valence-electron chi connectivity index (χ4n) is 2.45. The monoisotopic (exact) mass is 370 g/mol. The van der Waals surface area contributed by atoms with Crippen LogP contribution in [0.25, 0.3) is 0 Å². The van der Waals surface area contributed by atoms with Crippen LogP contribution in [0.3, 0.4) is 0 Å². The van der Waals surface area contributed by atoms with Gasteiger partial charge in [0.1, 0.15) is 11.9 Å². The first kappa shape index (κ1) is 18.1. The maximum absolute atomic E-state index is 12.8. The van der Waals surface area contributed by atoms with Gasteiger partial charge < -0.3 is 15.7 Å². The first-order chi connectivity index (χ1) is 12.6. The number of carbonyl (C=O) groups is 1. The molecule has 0 fully saturated rings. The van der Waals surface area contributed by atoms with Gasteiger partial charge in [0.25, 0.3) is 0 Å². The number of thiophene rings is 1. The van der Waals surface area contributed by atoms with Crippen LogP contribution in [0.1, 0.15) is 27.0 Å². The molecule has 3 aromatic rings. The summed E-state index contributed by atoms with van der Waals surface area (Å²) in [6, 6.07) is 18.9. The number of nitrogens with one attached hydrogen (secondary N) is 2. The number of hydrogen-bond donors (Lipinski definition) is 3. The molecule has 1 aromatic heterocycles. The van der Waals surface area contributed by atoms with E-state index in [0.29, 0.717) is 13.1 Å². The van der Waals surface area contributed by atoms with Crippen LogP contribution in [0.5, 0.6) is 0 Å². The zero-order valence-electron chi connectivity index (χ0n) is 14.0. The SMILES string of the molecule is O=C(NCc1ccc(F)cc1)NCc1ccc(C(O)c2ccccc2)s1. The van der Waals surface area contributed by atoms with E-state index in [1.54, 1.807) is 12.1 Å². The Morgan fingerprint density at radius 3 is 2.38 bits per heavy atom. The van der Waals surface area contributed by atoms with Crippen LogP contribution in [0.2, 0.25) is 0 Å². The minimum absolute atomic E-state index is 0.298. The van der Waals surface area contributed by atoms with Crippen LogP contribution in [-0.2, 0) is 13.1 Å². The zero-order chi connectivity index (χ0) is 18.4. The molecule has 2 aromatic carbocycles. The molecule has 4 nitrogen and oxygen atoms in total. The summed E-state index contributed by atoms with van der Waals surface area (Å²) in [5.74, 6) is -0.301. The molecule has 134 valence electrons. The summed E-state index contributed by atoms with van der Waals surface area (Å²) >= 11 is 1.46. The molecule has 0 aliphatic rings. The number of aliphatic hydroxyl groups excluding tert-OH is 1. The molecule has 0 radical (unpaired) electrons. The van der Waals surface area contributed by atoms with Gasteiger partial charge in [0.15, 0.2) is 0 Å². The van der Waals surface area contributed by atoms with Crippen molar-refractivity contribution in [3.05, 3.63) is 93.4 Å². The third kappa shape index (κ3) is 4.91. The third-order valence-electron chi connectivity index (χ3n) is 3.86. The number of amides is 2. The minimum Gasteiger partial charge on any atom is -0.383 e. The van der Waals surface area contributed by atoms with E-state index in [2.05, 4.69) is 10.6 Å². The second-order valence-electron chi connectivity index (χ2n) is 5.78. The summed E-state index contributed by atoms with van der Waals surface area (Å²) < 4.78 is 12.8. The van der Waals surface area contributed by atoms with Crippen molar-refractivity contribution in [2.75, 3.05) is 0 Å². The maximum atomic E-state index is 12.8. The Morgan fingerprint density at radius 2 is 1.65 bits per heavy atom. The van der Waals surface area contributed by atoms with Gasteiger partial charge in [-0.2, -0.15) is 0 Å². The maximum Gasteiger partial charge on any atom is 0.315 e. The normalized spacial score (nSPS) is 11.8. The lowest BCUT2D eigenvalue weighted by Gasteiger charge is -2.08. The van der Waals surface area contributed by atoms with Gasteiger partial charge in [0, 0.05) is 16.3 Å². The van der Waals surface area contributed by atoms with Gasteiger partial charge in [0.2, 0.25) is 0 Å². The van der Waals surface area contributed by atoms with Crippen molar-refractivity contribution >= 4 is 17.4 Å². The molecule has 0 saturated heterocycles. The smallest absolute Gasteiger partial charge is 0.315 e. The summed E-state index contributed by atoms with van der Waals surface area (Å²) in [6.07, 6.45) is -0.665. The Labute approximate surface area is 155 Å². The quantitative estimate of drug-likeness (QED) is 0.615. The van der Waals surface area contributed by atoms with Crippen LogP contribution < -0.4 is 10.6 Å². The molecule has 1 atom stereocenters. The molecule has 0 aliphatic heterocycles. The average Bonchev–Trinajstić information content (AvgIpc) is 3.15. The van der Waals surface area contributed by atoms with E-state index < -0.39 is 6.10 Å². The van der Waals surface area contributed by atoms with E-state index in [1.165, 1.54) is 23.5 Å². The highest BCUT2D eigenvalue weighted by Crippen LogP contribution is 2.28. The minimum atomic E-state index is -0.665. The van der Waals surface area contributed by atoms with E-state index in [4.69, 9.17) is 0 Å². The van der Waals surface area contributed by atoms with Gasteiger partial charge in [0.05, 0.1) is 6.54 Å². The van der Waals surface area contributed by atoms with Crippen LogP contribution in [0.4, 0.5) is 9.18 Å². The molecule has 0 saturated carbocycles. The topological polar surface area (TPSA) is 61.4 Å². The Morgan fingerprint density at radius 1 is 0.962 bits per heavy atom. The molecule has 0 bridgehead atoms. The van der Waals surface area contributed by atoms with Crippen molar-refractivity contribution in [3.63, 3.8) is 0 Å². The highest BCUT2D eigenvalue weighted by molar-refractivity contribution is 7.12. The van der Waals surface area contributed by atoms with Gasteiger partial charge in [-0.15, -0.1) is 11.3 Å². The van der Waals surface area contributed by atoms with E-state index in [9.17, 15) is 14.3 Å². The average molecular weight is 370 g/mol. The molecule has 0 aliphatic carbocycles. The van der Waals surface area contributed by atoms with E-state index in [-0.39, 0.29) is 11.8 Å². The Bertz CT molecular complexity index is 850. The van der Waals surface area contributed by atoms with Gasteiger partial charge in [-0.1, -0.05) is 42.5 Å². The van der Waals surface area contributed by atoms with Gasteiger partial charge >= 0.3 is 6.03 Å². The number of halogens is 1. The lowest BCUT2D eigenvalue weighted by atomic mass is 10.1. The highest BCUT2D eigenvalue weighted by atomic mass is 32.1. The van der Waals surface area contributed by atoms with Crippen molar-refractivity contribution < 1.29 is 14.3 Å². The summed E-state index contributed by atoms with van der Waals surface area (Å²) in [6.45, 7) is 0.704. The van der Waals surface area contributed by atoms with Crippen LogP contribution in [0.15, 0.2) is 66.7 Å². The van der Waals surface area contributed by atoms with Gasteiger partial charge in [-0.3, -0.25) is 0 Å². The molecule has 6 heteroatoms. The summed E-state index contributed by atoms with van der Waals surface area (Å²) in [4.78, 5) is 13.7. The van der Waals surface area contributed by atoms with Crippen LogP contribution in [0, 0.1) is 5.82 Å². The van der Waals surface area contributed by atoms with E-state index in [0.717, 1.165) is 20.9 Å². The molecule has 26 heavy (non-hydrogen) atoms. The molecular formula is C20H19FN2O2S. The number of aliphatic hydroxyl groups is 1. The van der Waals surface area contributed by atoms with Crippen molar-refractivity contribution in [1.82, 2.24) is 10.6 Å². The third-order valence-corrected chi connectivity index (χ3v) is 4.99. The lowest BCUT2D eigenvalue weighted by Crippen LogP contribution is -2.34. The van der Waals surface area contributed by atoms with Gasteiger partial charge in [-0.05, 0) is 35.4 Å². The Hall–Kier alpha value is -2.70. The van der Waals surface area contributed by atoms with Crippen LogP contribution >= 0.6 is 11.3 Å². The fourth-order valence-corrected chi connectivity index (χ4v) is 3.42. The number of benzene rings is 2. The second-order valence-corrected chi connectivity index (χ2v) is 6.98. The van der Waals surface area contributed by atoms with Crippen molar-refractivity contribution in [2.45, 2.75) is 19.2 Å². The Kier molecular flexibility index (Phi) is 5.99. The summed E-state index contributed by atoms with van der Waals surface area (Å²) in [7, 11) is 0. The summed E-state index contributed by atoms with van der Waals surface area (Å²) in [5.41, 5.74) is 1.66. The predicted molar refractivity (Wildman–Crippen MR) is 100 cm³/mol. The van der Waals surface area contributed by atoms with E-state index >= 15 is 0 Å². The standard InChI is InChI=1S/C20H19FN2O2S/c21-16-8-6-14(7-9-16)12-22-20(25)23-13-17-10-11-18(26-17)19(24)15-4-2-1-3-5-15/h1-11,19,24H,12-13H2,(H2,22,23,25). The van der Waals surface area contributed by atoms with Crippen LogP contribution in [-0.4, -0.2) is 11.1 Å². The number of urea groups is 1. The molecule has 1 heterocycles. The molecule has 3 rings (SSSR count). The highest BCUT2D eigenvalue weighted by Gasteiger charge is 2.13. The number of rotatable bonds is 6. The van der Waals surface area contributed by atoms with Crippen molar-refractivity contribution in [2.24, 2.45) is 0 Å². The lowest BCUT2D eigenvalue weighted by molar-refractivity contribution is 0.224. The molecule has 1 unspecified atom stereocenters. The predicted octanol–water partition coefficient (Wildman–Crippen LogP) is 3.97. The van der Waals surface area contributed by atoms with Crippen molar-refractivity contribution in [3.8, 4) is 0 Å². The molecule has 3 N–H and O–H groups in total. The second kappa shape index (κ2) is 8.60.